The number of alkyl carbamates (subject to hydrolysis) is 1. The van der Waals surface area contributed by atoms with Crippen molar-refractivity contribution in [2.45, 2.75) is 38.5 Å². The summed E-state index contributed by atoms with van der Waals surface area (Å²) in [6, 6.07) is 8.37. The summed E-state index contributed by atoms with van der Waals surface area (Å²) >= 11 is 0. The minimum atomic E-state index is -1.10. The molecule has 0 bridgehead atoms. The second kappa shape index (κ2) is 10.2. The summed E-state index contributed by atoms with van der Waals surface area (Å²) in [6.07, 6.45) is -1.69. The van der Waals surface area contributed by atoms with Gasteiger partial charge in [0.25, 0.3) is 0 Å². The number of hydrogen-bond acceptors (Lipinski definition) is 5. The van der Waals surface area contributed by atoms with E-state index in [0.29, 0.717) is 6.42 Å². The first kappa shape index (κ1) is 19.4. The molecule has 0 fully saturated rings. The number of carbonyl (C=O) groups is 3. The highest BCUT2D eigenvalue weighted by Crippen LogP contribution is 2.00. The standard InChI is InChI=1S/C16H23N3O5/c1-2-13(15(17)22)19-14(21)8-12(20)9-18-16(23)24-10-11-6-4-3-5-7-11/h3-7,12-13,20H,2,8-10H2,1H3,(H2,17,22)(H,18,23)(H,19,21)/t12-,13-/m1/s1. The van der Waals surface area contributed by atoms with Crippen LogP contribution in [0.15, 0.2) is 30.3 Å². The van der Waals surface area contributed by atoms with Crippen LogP contribution in [0.2, 0.25) is 0 Å². The fourth-order valence-corrected chi connectivity index (χ4v) is 1.89. The normalized spacial score (nSPS) is 12.8. The molecule has 0 heterocycles. The highest BCUT2D eigenvalue weighted by molar-refractivity contribution is 5.86. The van der Waals surface area contributed by atoms with Crippen LogP contribution in [-0.2, 0) is 20.9 Å². The summed E-state index contributed by atoms with van der Waals surface area (Å²) in [5.74, 6) is -1.16. The lowest BCUT2D eigenvalue weighted by Crippen LogP contribution is -2.45. The SMILES string of the molecule is CC[C@@H](NC(=O)C[C@@H](O)CNC(=O)OCc1ccccc1)C(N)=O. The Kier molecular flexibility index (Phi) is 8.28. The van der Waals surface area contributed by atoms with Gasteiger partial charge in [0.2, 0.25) is 11.8 Å². The molecule has 0 saturated carbocycles. The van der Waals surface area contributed by atoms with E-state index in [1.54, 1.807) is 6.92 Å². The van der Waals surface area contributed by atoms with Crippen LogP contribution in [0.1, 0.15) is 25.3 Å². The van der Waals surface area contributed by atoms with E-state index >= 15 is 0 Å². The number of rotatable bonds is 9. The van der Waals surface area contributed by atoms with Crippen LogP contribution in [0.3, 0.4) is 0 Å². The van der Waals surface area contributed by atoms with Gasteiger partial charge in [-0.05, 0) is 12.0 Å². The average molecular weight is 337 g/mol. The molecule has 0 spiro atoms. The predicted molar refractivity (Wildman–Crippen MR) is 86.7 cm³/mol. The maximum atomic E-state index is 11.7. The second-order valence-corrected chi connectivity index (χ2v) is 5.23. The van der Waals surface area contributed by atoms with Crippen LogP contribution in [0.4, 0.5) is 4.79 Å². The molecule has 1 aromatic rings. The third kappa shape index (κ3) is 7.59. The zero-order valence-corrected chi connectivity index (χ0v) is 13.5. The molecular formula is C16H23N3O5. The summed E-state index contributed by atoms with van der Waals surface area (Å²) in [7, 11) is 0. The van der Waals surface area contributed by atoms with Crippen molar-refractivity contribution in [1.82, 2.24) is 10.6 Å². The Labute approximate surface area is 140 Å². The number of aliphatic hydroxyl groups is 1. The summed E-state index contributed by atoms with van der Waals surface area (Å²) in [5.41, 5.74) is 5.95. The zero-order chi connectivity index (χ0) is 17.9. The molecule has 8 nitrogen and oxygen atoms in total. The molecule has 0 aromatic heterocycles. The number of amides is 3. The van der Waals surface area contributed by atoms with E-state index in [0.717, 1.165) is 5.56 Å². The van der Waals surface area contributed by atoms with Crippen LogP contribution in [0.5, 0.6) is 0 Å². The van der Waals surface area contributed by atoms with Gasteiger partial charge < -0.3 is 26.2 Å². The second-order valence-electron chi connectivity index (χ2n) is 5.23. The van der Waals surface area contributed by atoms with Gasteiger partial charge >= 0.3 is 6.09 Å². The number of ether oxygens (including phenoxy) is 1. The van der Waals surface area contributed by atoms with Gasteiger partial charge in [0, 0.05) is 6.54 Å². The first-order valence-corrected chi connectivity index (χ1v) is 7.63. The molecule has 0 saturated heterocycles. The third-order valence-corrected chi connectivity index (χ3v) is 3.20. The van der Waals surface area contributed by atoms with Crippen molar-refractivity contribution in [3.8, 4) is 0 Å². The van der Waals surface area contributed by atoms with Crippen molar-refractivity contribution < 1.29 is 24.2 Å². The summed E-state index contributed by atoms with van der Waals surface area (Å²) in [4.78, 5) is 34.2. The maximum Gasteiger partial charge on any atom is 0.407 e. The first-order chi connectivity index (χ1) is 11.4. The minimum Gasteiger partial charge on any atom is -0.445 e. The molecular weight excluding hydrogens is 314 g/mol. The van der Waals surface area contributed by atoms with Crippen molar-refractivity contribution in [1.29, 1.82) is 0 Å². The third-order valence-electron chi connectivity index (χ3n) is 3.20. The smallest absolute Gasteiger partial charge is 0.407 e. The Hall–Kier alpha value is -2.61. The highest BCUT2D eigenvalue weighted by atomic mass is 16.5. The summed E-state index contributed by atoms with van der Waals surface area (Å²) in [6.45, 7) is 1.67. The van der Waals surface area contributed by atoms with Gasteiger partial charge in [-0.3, -0.25) is 9.59 Å². The fourth-order valence-electron chi connectivity index (χ4n) is 1.89. The number of benzene rings is 1. The van der Waals surface area contributed by atoms with Crippen molar-refractivity contribution in [2.75, 3.05) is 6.54 Å². The molecule has 3 amide bonds. The van der Waals surface area contributed by atoms with Gasteiger partial charge in [-0.15, -0.1) is 0 Å². The van der Waals surface area contributed by atoms with Crippen molar-refractivity contribution in [3.63, 3.8) is 0 Å². The highest BCUT2D eigenvalue weighted by Gasteiger charge is 2.18. The lowest BCUT2D eigenvalue weighted by Gasteiger charge is -2.15. The van der Waals surface area contributed by atoms with E-state index in [1.165, 1.54) is 0 Å². The number of nitrogens with two attached hydrogens (primary N) is 1. The molecule has 0 aliphatic carbocycles. The fraction of sp³-hybridized carbons (Fsp3) is 0.438. The first-order valence-electron chi connectivity index (χ1n) is 7.63. The van der Waals surface area contributed by atoms with E-state index in [-0.39, 0.29) is 19.6 Å². The molecule has 5 N–H and O–H groups in total. The molecule has 0 aliphatic heterocycles. The van der Waals surface area contributed by atoms with Crippen LogP contribution < -0.4 is 16.4 Å². The number of aliphatic hydroxyl groups excluding tert-OH is 1. The van der Waals surface area contributed by atoms with Crippen LogP contribution >= 0.6 is 0 Å². The largest absolute Gasteiger partial charge is 0.445 e. The molecule has 1 aromatic carbocycles. The van der Waals surface area contributed by atoms with Crippen molar-refractivity contribution in [3.05, 3.63) is 35.9 Å². The van der Waals surface area contributed by atoms with Gasteiger partial charge in [-0.25, -0.2) is 4.79 Å². The predicted octanol–water partition coefficient (Wildman–Crippen LogP) is 0.0439. The van der Waals surface area contributed by atoms with Gasteiger partial charge in [0.05, 0.1) is 12.5 Å². The molecule has 0 radical (unpaired) electrons. The van der Waals surface area contributed by atoms with Gasteiger partial charge in [0.1, 0.15) is 12.6 Å². The molecule has 2 atom stereocenters. The number of primary amides is 1. The Bertz CT molecular complexity index is 550. The Morgan fingerprint density at radius 3 is 2.50 bits per heavy atom. The number of hydrogen-bond donors (Lipinski definition) is 4. The van der Waals surface area contributed by atoms with Crippen LogP contribution in [-0.4, -0.2) is 41.7 Å². The van der Waals surface area contributed by atoms with Gasteiger partial charge in [-0.2, -0.15) is 0 Å². The maximum absolute atomic E-state index is 11.7. The lowest BCUT2D eigenvalue weighted by molar-refractivity contribution is -0.128. The van der Waals surface area contributed by atoms with E-state index in [9.17, 15) is 19.5 Å². The average Bonchev–Trinajstić information content (AvgIpc) is 2.56. The summed E-state index contributed by atoms with van der Waals surface area (Å²) < 4.78 is 4.97. The van der Waals surface area contributed by atoms with Crippen molar-refractivity contribution >= 4 is 17.9 Å². The number of carbonyl (C=O) groups excluding carboxylic acids is 3. The van der Waals surface area contributed by atoms with E-state index < -0.39 is 30.1 Å². The summed E-state index contributed by atoms with van der Waals surface area (Å²) in [5, 5.41) is 14.5. The monoisotopic (exact) mass is 337 g/mol. The van der Waals surface area contributed by atoms with E-state index in [2.05, 4.69) is 10.6 Å². The Balaban J connectivity index is 2.24. The molecule has 0 unspecified atom stereocenters. The van der Waals surface area contributed by atoms with Crippen molar-refractivity contribution in [2.24, 2.45) is 5.73 Å². The zero-order valence-electron chi connectivity index (χ0n) is 13.5. The number of nitrogens with one attached hydrogen (secondary N) is 2. The quantitative estimate of drug-likeness (QED) is 0.505. The molecule has 132 valence electrons. The van der Waals surface area contributed by atoms with Gasteiger partial charge in [-0.1, -0.05) is 37.3 Å². The Morgan fingerprint density at radius 1 is 1.25 bits per heavy atom. The van der Waals surface area contributed by atoms with E-state index in [1.807, 2.05) is 30.3 Å². The van der Waals surface area contributed by atoms with E-state index in [4.69, 9.17) is 10.5 Å². The molecule has 24 heavy (non-hydrogen) atoms. The Morgan fingerprint density at radius 2 is 1.92 bits per heavy atom. The van der Waals surface area contributed by atoms with Crippen LogP contribution in [0, 0.1) is 0 Å². The molecule has 1 rings (SSSR count). The molecule has 8 heteroatoms. The van der Waals surface area contributed by atoms with Crippen LogP contribution in [0.25, 0.3) is 0 Å². The topological polar surface area (TPSA) is 131 Å². The lowest BCUT2D eigenvalue weighted by atomic mass is 10.2. The van der Waals surface area contributed by atoms with Gasteiger partial charge in [0.15, 0.2) is 0 Å². The molecule has 0 aliphatic rings. The minimum absolute atomic E-state index is 0.111.